The van der Waals surface area contributed by atoms with E-state index >= 15 is 0 Å². The number of nitrogen functional groups attached to an aromatic ring is 1. The van der Waals surface area contributed by atoms with E-state index in [4.69, 9.17) is 21.1 Å². The molecule has 1 rings (SSSR count). The Morgan fingerprint density at radius 2 is 2.00 bits per heavy atom. The quantitative estimate of drug-likeness (QED) is 0.484. The standard InChI is InChI=1S/C11H15FN2O4/c1-11(4-15,5-16)14-7-3-2-6(12)9(13)8(7)10(17)18/h2-3,14-16H,4-5,13H2,1H3,(H,17,18). The van der Waals surface area contributed by atoms with Crippen LogP contribution in [0, 0.1) is 5.82 Å². The number of carboxylic acid groups (broad SMARTS) is 1. The number of carbonyl (C=O) groups is 1. The number of carboxylic acids is 1. The molecule has 100 valence electrons. The number of anilines is 2. The minimum atomic E-state index is -1.40. The van der Waals surface area contributed by atoms with Gasteiger partial charge in [0.1, 0.15) is 11.4 Å². The normalized spacial score (nSPS) is 11.3. The van der Waals surface area contributed by atoms with Gasteiger partial charge >= 0.3 is 5.97 Å². The Hall–Kier alpha value is -1.86. The number of halogens is 1. The van der Waals surface area contributed by atoms with Crippen molar-refractivity contribution in [3.05, 3.63) is 23.5 Å². The predicted molar refractivity (Wildman–Crippen MR) is 64.0 cm³/mol. The largest absolute Gasteiger partial charge is 0.478 e. The fourth-order valence-electron chi connectivity index (χ4n) is 1.38. The van der Waals surface area contributed by atoms with Gasteiger partial charge in [-0.15, -0.1) is 0 Å². The first-order chi connectivity index (χ1) is 8.34. The van der Waals surface area contributed by atoms with Crippen molar-refractivity contribution >= 4 is 17.3 Å². The van der Waals surface area contributed by atoms with Crippen LogP contribution in [0.1, 0.15) is 17.3 Å². The summed E-state index contributed by atoms with van der Waals surface area (Å²) in [6.07, 6.45) is 0. The highest BCUT2D eigenvalue weighted by Crippen LogP contribution is 2.27. The summed E-state index contributed by atoms with van der Waals surface area (Å²) in [5.74, 6) is -2.24. The van der Waals surface area contributed by atoms with Crippen molar-refractivity contribution in [2.24, 2.45) is 0 Å². The summed E-state index contributed by atoms with van der Waals surface area (Å²) in [4.78, 5) is 11.0. The molecule has 0 atom stereocenters. The van der Waals surface area contributed by atoms with Crippen LogP contribution < -0.4 is 11.1 Å². The summed E-state index contributed by atoms with van der Waals surface area (Å²) in [6.45, 7) is 0.623. The number of hydrogen-bond donors (Lipinski definition) is 5. The molecular weight excluding hydrogens is 243 g/mol. The zero-order chi connectivity index (χ0) is 13.9. The summed E-state index contributed by atoms with van der Waals surface area (Å²) in [6, 6.07) is 2.21. The van der Waals surface area contributed by atoms with Gasteiger partial charge in [-0.1, -0.05) is 0 Å². The maximum Gasteiger partial charge on any atom is 0.340 e. The van der Waals surface area contributed by atoms with Crippen LogP contribution in [0.25, 0.3) is 0 Å². The molecule has 0 spiro atoms. The van der Waals surface area contributed by atoms with Crippen LogP contribution in [0.5, 0.6) is 0 Å². The molecular formula is C11H15FN2O4. The molecule has 0 heterocycles. The fourth-order valence-corrected chi connectivity index (χ4v) is 1.38. The van der Waals surface area contributed by atoms with Gasteiger partial charge in [0.2, 0.25) is 0 Å². The van der Waals surface area contributed by atoms with Crippen molar-refractivity contribution < 1.29 is 24.5 Å². The molecule has 6 nitrogen and oxygen atoms in total. The highest BCUT2D eigenvalue weighted by molar-refractivity contribution is 6.00. The van der Waals surface area contributed by atoms with Crippen LogP contribution in [0.4, 0.5) is 15.8 Å². The Labute approximate surface area is 103 Å². The van der Waals surface area contributed by atoms with Gasteiger partial charge in [0.05, 0.1) is 30.1 Å². The molecule has 18 heavy (non-hydrogen) atoms. The van der Waals surface area contributed by atoms with Crippen LogP contribution in [-0.4, -0.2) is 40.0 Å². The van der Waals surface area contributed by atoms with Crippen LogP contribution >= 0.6 is 0 Å². The Morgan fingerprint density at radius 1 is 1.44 bits per heavy atom. The molecule has 0 radical (unpaired) electrons. The number of rotatable bonds is 5. The van der Waals surface area contributed by atoms with Crippen LogP contribution in [0.2, 0.25) is 0 Å². The molecule has 1 aromatic carbocycles. The first-order valence-electron chi connectivity index (χ1n) is 5.16. The van der Waals surface area contributed by atoms with E-state index < -0.39 is 41.8 Å². The number of benzene rings is 1. The van der Waals surface area contributed by atoms with E-state index in [9.17, 15) is 9.18 Å². The molecule has 0 aliphatic rings. The number of aromatic carboxylic acids is 1. The summed E-state index contributed by atoms with van der Waals surface area (Å²) in [7, 11) is 0. The Kier molecular flexibility index (Phi) is 4.10. The average molecular weight is 258 g/mol. The van der Waals surface area contributed by atoms with Crippen molar-refractivity contribution in [1.29, 1.82) is 0 Å². The summed E-state index contributed by atoms with van der Waals surface area (Å²) in [5.41, 5.74) is 3.35. The van der Waals surface area contributed by atoms with E-state index in [1.165, 1.54) is 13.0 Å². The Bertz CT molecular complexity index is 461. The number of aliphatic hydroxyl groups is 2. The third-order valence-corrected chi connectivity index (χ3v) is 2.54. The Balaban J connectivity index is 3.25. The Morgan fingerprint density at radius 3 is 2.44 bits per heavy atom. The number of hydrogen-bond acceptors (Lipinski definition) is 5. The minimum absolute atomic E-state index is 0.0343. The van der Waals surface area contributed by atoms with Crippen LogP contribution in [0.3, 0.4) is 0 Å². The molecule has 0 aromatic heterocycles. The van der Waals surface area contributed by atoms with Crippen molar-refractivity contribution in [1.82, 2.24) is 0 Å². The molecule has 1 aromatic rings. The molecule has 7 heteroatoms. The number of nitrogens with two attached hydrogens (primary N) is 1. The second-order valence-electron chi connectivity index (χ2n) is 4.19. The lowest BCUT2D eigenvalue weighted by Crippen LogP contribution is -2.43. The molecule has 0 fully saturated rings. The van der Waals surface area contributed by atoms with Crippen LogP contribution in [0.15, 0.2) is 12.1 Å². The zero-order valence-electron chi connectivity index (χ0n) is 9.77. The minimum Gasteiger partial charge on any atom is -0.478 e. The van der Waals surface area contributed by atoms with Gasteiger partial charge in [-0.25, -0.2) is 9.18 Å². The highest BCUT2D eigenvalue weighted by Gasteiger charge is 2.26. The second kappa shape index (κ2) is 5.19. The van der Waals surface area contributed by atoms with Crippen molar-refractivity contribution in [2.75, 3.05) is 24.3 Å². The van der Waals surface area contributed by atoms with Crippen molar-refractivity contribution in [2.45, 2.75) is 12.5 Å². The lowest BCUT2D eigenvalue weighted by molar-refractivity contribution is 0.0698. The highest BCUT2D eigenvalue weighted by atomic mass is 19.1. The number of nitrogens with one attached hydrogen (secondary N) is 1. The van der Waals surface area contributed by atoms with Crippen LogP contribution in [-0.2, 0) is 0 Å². The van der Waals surface area contributed by atoms with E-state index in [0.29, 0.717) is 0 Å². The summed E-state index contributed by atoms with van der Waals surface area (Å²) in [5, 5.41) is 29.9. The van der Waals surface area contributed by atoms with Gasteiger partial charge in [0, 0.05) is 0 Å². The average Bonchev–Trinajstić information content (AvgIpc) is 2.33. The topological polar surface area (TPSA) is 116 Å². The SMILES string of the molecule is CC(CO)(CO)Nc1ccc(F)c(N)c1C(=O)O. The molecule has 0 aliphatic carbocycles. The number of aliphatic hydroxyl groups excluding tert-OH is 2. The zero-order valence-corrected chi connectivity index (χ0v) is 9.77. The van der Waals surface area contributed by atoms with E-state index in [1.807, 2.05) is 0 Å². The molecule has 6 N–H and O–H groups in total. The lowest BCUT2D eigenvalue weighted by Gasteiger charge is -2.28. The summed E-state index contributed by atoms with van der Waals surface area (Å²) < 4.78 is 13.2. The van der Waals surface area contributed by atoms with Gasteiger partial charge in [-0.3, -0.25) is 0 Å². The van der Waals surface area contributed by atoms with Gasteiger partial charge in [0.25, 0.3) is 0 Å². The lowest BCUT2D eigenvalue weighted by atomic mass is 10.0. The third-order valence-electron chi connectivity index (χ3n) is 2.54. The van der Waals surface area contributed by atoms with Gasteiger partial charge in [0.15, 0.2) is 0 Å². The predicted octanol–water partition coefficient (Wildman–Crippen LogP) is 0.261. The van der Waals surface area contributed by atoms with E-state index in [2.05, 4.69) is 5.32 Å². The van der Waals surface area contributed by atoms with Crippen molar-refractivity contribution in [3.8, 4) is 0 Å². The smallest absolute Gasteiger partial charge is 0.340 e. The first-order valence-corrected chi connectivity index (χ1v) is 5.16. The van der Waals surface area contributed by atoms with Crippen molar-refractivity contribution in [3.63, 3.8) is 0 Å². The van der Waals surface area contributed by atoms with Gasteiger partial charge < -0.3 is 26.4 Å². The molecule has 0 aliphatic heterocycles. The molecule has 0 amide bonds. The van der Waals surface area contributed by atoms with E-state index in [0.717, 1.165) is 6.07 Å². The van der Waals surface area contributed by atoms with Gasteiger partial charge in [-0.05, 0) is 19.1 Å². The molecule has 0 bridgehead atoms. The second-order valence-corrected chi connectivity index (χ2v) is 4.19. The monoisotopic (exact) mass is 258 g/mol. The van der Waals surface area contributed by atoms with E-state index in [1.54, 1.807) is 0 Å². The fraction of sp³-hybridized carbons (Fsp3) is 0.364. The summed E-state index contributed by atoms with van der Waals surface area (Å²) >= 11 is 0. The molecule has 0 saturated heterocycles. The molecule has 0 saturated carbocycles. The molecule has 0 unspecified atom stereocenters. The first kappa shape index (κ1) is 14.2. The van der Waals surface area contributed by atoms with E-state index in [-0.39, 0.29) is 5.69 Å². The van der Waals surface area contributed by atoms with Gasteiger partial charge in [-0.2, -0.15) is 0 Å². The maximum atomic E-state index is 13.2. The third kappa shape index (κ3) is 2.69. The maximum absolute atomic E-state index is 13.2.